The van der Waals surface area contributed by atoms with Crippen molar-refractivity contribution in [3.63, 3.8) is 0 Å². The SMILES string of the molecule is CC(C)Oc1ccc2c(c1)[C@H](NC(=O)C1(C(=O)O)CCNC1)CCC2. The molecule has 1 heterocycles. The zero-order chi connectivity index (χ0) is 18.0. The van der Waals surface area contributed by atoms with Gasteiger partial charge in [-0.2, -0.15) is 0 Å². The van der Waals surface area contributed by atoms with Crippen LogP contribution in [0.25, 0.3) is 0 Å². The average molecular weight is 346 g/mol. The van der Waals surface area contributed by atoms with Crippen LogP contribution in [0, 0.1) is 5.41 Å². The molecule has 1 saturated heterocycles. The molecule has 1 unspecified atom stereocenters. The molecule has 6 heteroatoms. The number of fused-ring (bicyclic) bond motifs is 1. The Labute approximate surface area is 147 Å². The number of rotatable bonds is 5. The minimum absolute atomic E-state index is 0.0783. The summed E-state index contributed by atoms with van der Waals surface area (Å²) in [6.07, 6.45) is 3.15. The topological polar surface area (TPSA) is 87.7 Å². The van der Waals surface area contributed by atoms with Crippen molar-refractivity contribution in [2.75, 3.05) is 13.1 Å². The van der Waals surface area contributed by atoms with Crippen molar-refractivity contribution in [3.05, 3.63) is 29.3 Å². The Hall–Kier alpha value is -2.08. The Morgan fingerprint density at radius 2 is 2.20 bits per heavy atom. The zero-order valence-corrected chi connectivity index (χ0v) is 14.8. The maximum atomic E-state index is 12.8. The molecule has 0 saturated carbocycles. The van der Waals surface area contributed by atoms with Crippen molar-refractivity contribution in [1.29, 1.82) is 0 Å². The Morgan fingerprint density at radius 1 is 1.40 bits per heavy atom. The van der Waals surface area contributed by atoms with Crippen LogP contribution < -0.4 is 15.4 Å². The van der Waals surface area contributed by atoms with Crippen LogP contribution in [0.3, 0.4) is 0 Å². The maximum Gasteiger partial charge on any atom is 0.320 e. The second-order valence-electron chi connectivity index (χ2n) is 7.26. The molecule has 1 fully saturated rings. The number of aryl methyl sites for hydroxylation is 1. The molecule has 0 spiro atoms. The lowest BCUT2D eigenvalue weighted by atomic mass is 9.83. The number of hydrogen-bond donors (Lipinski definition) is 3. The van der Waals surface area contributed by atoms with E-state index in [1.165, 1.54) is 5.56 Å². The summed E-state index contributed by atoms with van der Waals surface area (Å²) in [6.45, 7) is 4.68. The highest BCUT2D eigenvalue weighted by atomic mass is 16.5. The second kappa shape index (κ2) is 7.04. The number of ether oxygens (including phenoxy) is 1. The summed E-state index contributed by atoms with van der Waals surface area (Å²) in [5, 5.41) is 15.6. The number of carbonyl (C=O) groups is 2. The first-order chi connectivity index (χ1) is 11.9. The first-order valence-electron chi connectivity index (χ1n) is 8.97. The van der Waals surface area contributed by atoms with Crippen molar-refractivity contribution in [1.82, 2.24) is 10.6 Å². The molecule has 25 heavy (non-hydrogen) atoms. The summed E-state index contributed by atoms with van der Waals surface area (Å²) in [7, 11) is 0. The van der Waals surface area contributed by atoms with Gasteiger partial charge in [0.2, 0.25) is 5.91 Å². The fraction of sp³-hybridized carbons (Fsp3) is 0.579. The minimum atomic E-state index is -1.36. The van der Waals surface area contributed by atoms with Crippen LogP contribution in [0.15, 0.2) is 18.2 Å². The van der Waals surface area contributed by atoms with Crippen molar-refractivity contribution in [3.8, 4) is 5.75 Å². The van der Waals surface area contributed by atoms with Crippen LogP contribution >= 0.6 is 0 Å². The van der Waals surface area contributed by atoms with Crippen LogP contribution in [0.5, 0.6) is 5.75 Å². The highest BCUT2D eigenvalue weighted by Crippen LogP contribution is 2.34. The van der Waals surface area contributed by atoms with Crippen molar-refractivity contribution >= 4 is 11.9 Å². The predicted molar refractivity (Wildman–Crippen MR) is 93.6 cm³/mol. The number of hydrogen-bond acceptors (Lipinski definition) is 4. The standard InChI is InChI=1S/C19H26N2O4/c1-12(2)25-14-7-6-13-4-3-5-16(15(13)10-14)21-17(22)19(18(23)24)8-9-20-11-19/h6-7,10,12,16,20H,3-5,8-9,11H2,1-2H3,(H,21,22)(H,23,24)/t16-,19?/m1/s1. The van der Waals surface area contributed by atoms with E-state index in [1.54, 1.807) is 0 Å². The highest BCUT2D eigenvalue weighted by Gasteiger charge is 2.49. The smallest absolute Gasteiger partial charge is 0.320 e. The Bertz CT molecular complexity index is 665. The maximum absolute atomic E-state index is 12.8. The number of benzene rings is 1. The second-order valence-corrected chi connectivity index (χ2v) is 7.26. The molecule has 3 N–H and O–H groups in total. The van der Waals surface area contributed by atoms with E-state index in [0.717, 1.165) is 30.6 Å². The summed E-state index contributed by atoms with van der Waals surface area (Å²) >= 11 is 0. The van der Waals surface area contributed by atoms with Crippen LogP contribution in [-0.4, -0.2) is 36.2 Å². The van der Waals surface area contributed by atoms with Gasteiger partial charge < -0.3 is 20.5 Å². The van der Waals surface area contributed by atoms with E-state index in [4.69, 9.17) is 4.74 Å². The van der Waals surface area contributed by atoms with E-state index in [2.05, 4.69) is 16.7 Å². The van der Waals surface area contributed by atoms with Crippen molar-refractivity contribution in [2.24, 2.45) is 5.41 Å². The fourth-order valence-electron chi connectivity index (χ4n) is 3.73. The Kier molecular flexibility index (Phi) is 4.99. The minimum Gasteiger partial charge on any atom is -0.491 e. The van der Waals surface area contributed by atoms with Gasteiger partial charge in [0.25, 0.3) is 0 Å². The molecule has 1 aromatic carbocycles. The van der Waals surface area contributed by atoms with Crippen molar-refractivity contribution < 1.29 is 19.4 Å². The van der Waals surface area contributed by atoms with Gasteiger partial charge in [-0.3, -0.25) is 9.59 Å². The van der Waals surface area contributed by atoms with Gasteiger partial charge in [0.05, 0.1) is 12.1 Å². The predicted octanol–water partition coefficient (Wildman–Crippen LogP) is 2.03. The number of carboxylic acid groups (broad SMARTS) is 1. The summed E-state index contributed by atoms with van der Waals surface area (Å²) in [5.74, 6) is -0.661. The molecule has 136 valence electrons. The summed E-state index contributed by atoms with van der Waals surface area (Å²) in [4.78, 5) is 24.5. The van der Waals surface area contributed by atoms with Crippen molar-refractivity contribution in [2.45, 2.75) is 51.7 Å². The third kappa shape index (κ3) is 3.49. The van der Waals surface area contributed by atoms with Crippen LogP contribution in [0.2, 0.25) is 0 Å². The molecular formula is C19H26N2O4. The summed E-state index contributed by atoms with van der Waals surface area (Å²) in [5.41, 5.74) is 0.884. The average Bonchev–Trinajstić information content (AvgIpc) is 3.06. The Balaban J connectivity index is 1.82. The van der Waals surface area contributed by atoms with E-state index < -0.39 is 17.3 Å². The van der Waals surface area contributed by atoms with E-state index in [1.807, 2.05) is 26.0 Å². The largest absolute Gasteiger partial charge is 0.491 e. The number of carboxylic acids is 1. The van der Waals surface area contributed by atoms with Gasteiger partial charge in [0.15, 0.2) is 5.41 Å². The third-order valence-corrected chi connectivity index (χ3v) is 5.11. The van der Waals surface area contributed by atoms with Crippen LogP contribution in [0.4, 0.5) is 0 Å². The summed E-state index contributed by atoms with van der Waals surface area (Å²) in [6, 6.07) is 5.83. The lowest BCUT2D eigenvalue weighted by Gasteiger charge is -2.30. The van der Waals surface area contributed by atoms with Gasteiger partial charge in [0.1, 0.15) is 5.75 Å². The summed E-state index contributed by atoms with van der Waals surface area (Å²) < 4.78 is 5.77. The fourth-order valence-corrected chi connectivity index (χ4v) is 3.73. The molecule has 0 radical (unpaired) electrons. The zero-order valence-electron chi connectivity index (χ0n) is 14.8. The number of aliphatic carboxylic acids is 1. The molecule has 2 aliphatic rings. The first kappa shape index (κ1) is 17.7. The normalized spacial score (nSPS) is 25.5. The van der Waals surface area contributed by atoms with E-state index in [9.17, 15) is 14.7 Å². The van der Waals surface area contributed by atoms with Gasteiger partial charge in [-0.1, -0.05) is 6.07 Å². The molecule has 1 aliphatic carbocycles. The molecule has 3 rings (SSSR count). The van der Waals surface area contributed by atoms with Crippen LogP contribution in [0.1, 0.15) is 50.3 Å². The molecule has 1 amide bonds. The monoisotopic (exact) mass is 346 g/mol. The first-order valence-corrected chi connectivity index (χ1v) is 8.97. The molecule has 0 aromatic heterocycles. The van der Waals surface area contributed by atoms with Crippen LogP contribution in [-0.2, 0) is 16.0 Å². The number of nitrogens with one attached hydrogen (secondary N) is 2. The molecule has 2 atom stereocenters. The lowest BCUT2D eigenvalue weighted by molar-refractivity contribution is -0.154. The van der Waals surface area contributed by atoms with Gasteiger partial charge in [-0.15, -0.1) is 0 Å². The number of carbonyl (C=O) groups excluding carboxylic acids is 1. The molecule has 0 bridgehead atoms. The third-order valence-electron chi connectivity index (χ3n) is 5.11. The number of amides is 1. The molecular weight excluding hydrogens is 320 g/mol. The van der Waals surface area contributed by atoms with Gasteiger partial charge >= 0.3 is 5.97 Å². The quantitative estimate of drug-likeness (QED) is 0.710. The highest BCUT2D eigenvalue weighted by molar-refractivity contribution is 6.02. The Morgan fingerprint density at radius 3 is 2.84 bits per heavy atom. The van der Waals surface area contributed by atoms with Gasteiger partial charge in [-0.25, -0.2) is 0 Å². The van der Waals surface area contributed by atoms with Gasteiger partial charge in [-0.05, 0) is 69.3 Å². The van der Waals surface area contributed by atoms with E-state index >= 15 is 0 Å². The van der Waals surface area contributed by atoms with E-state index in [-0.39, 0.29) is 18.7 Å². The van der Waals surface area contributed by atoms with Gasteiger partial charge in [0, 0.05) is 6.54 Å². The molecule has 1 aliphatic heterocycles. The lowest BCUT2D eigenvalue weighted by Crippen LogP contribution is -2.49. The molecule has 1 aromatic rings. The van der Waals surface area contributed by atoms with E-state index in [0.29, 0.717) is 13.0 Å². The molecule has 6 nitrogen and oxygen atoms in total.